The lowest BCUT2D eigenvalue weighted by molar-refractivity contribution is -0.205. The maximum atomic E-state index is 15.2. The first-order valence-electron chi connectivity index (χ1n) is 18.5. The highest BCUT2D eigenvalue weighted by Gasteiger charge is 2.51. The Morgan fingerprint density at radius 1 is 1.02 bits per heavy atom. The number of anilines is 1. The second-order valence-corrected chi connectivity index (χ2v) is 14.7. The van der Waals surface area contributed by atoms with Crippen LogP contribution in [-0.4, -0.2) is 141 Å². The van der Waals surface area contributed by atoms with E-state index in [0.29, 0.717) is 24.2 Å². The van der Waals surface area contributed by atoms with Crippen LogP contribution in [-0.2, 0) is 33.8 Å². The number of phenols is 1. The molecule has 3 atom stereocenters. The zero-order valence-electron chi connectivity index (χ0n) is 30.6. The van der Waals surface area contributed by atoms with Gasteiger partial charge in [-0.2, -0.15) is 0 Å². The van der Waals surface area contributed by atoms with Gasteiger partial charge in [0.05, 0.1) is 25.3 Å². The number of likely N-dealkylation sites (N-methyl/N-ethyl adjacent to an activating group) is 1. The van der Waals surface area contributed by atoms with Crippen LogP contribution in [0.3, 0.4) is 0 Å². The standard InChI is InChI=1S/C40H49FN8O4.CH4/c1-4-17-47-27-39(52)48-35(20-30-14-15-33(50)21-34(30)41)40(53)46(26-37(48)49(47)38(51)16-13-29-9-6-5-7-10-29)23-31-11-8-12-36(42-31)45-24-32(25-45)44-19-18-43(3)28(2)22-44;/h4-12,14-15,21,28,32,35,37,50H,1,13,16-20,22-27H2,2-3H3;1H4/t28-,35+,37?;/m1./s1. The van der Waals surface area contributed by atoms with Crippen molar-refractivity contribution in [3.05, 3.63) is 102 Å². The fourth-order valence-electron chi connectivity index (χ4n) is 8.03. The van der Waals surface area contributed by atoms with Crippen molar-refractivity contribution < 1.29 is 23.9 Å². The third-order valence-corrected chi connectivity index (χ3v) is 11.2. The number of aryl methyl sites for hydroxylation is 1. The number of phenolic OH excluding ortho intramolecular Hbond substituents is 1. The van der Waals surface area contributed by atoms with Crippen molar-refractivity contribution in [2.75, 3.05) is 64.3 Å². The number of piperazine rings is 2. The number of halogens is 1. The van der Waals surface area contributed by atoms with Crippen molar-refractivity contribution in [2.45, 2.75) is 64.4 Å². The third kappa shape index (κ3) is 8.13. The average Bonchev–Trinajstić information content (AvgIpc) is 3.11. The monoisotopic (exact) mass is 740 g/mol. The van der Waals surface area contributed by atoms with Gasteiger partial charge in [0.25, 0.3) is 0 Å². The lowest BCUT2D eigenvalue weighted by Crippen LogP contribution is -2.76. The number of amides is 3. The van der Waals surface area contributed by atoms with Gasteiger partial charge in [-0.25, -0.2) is 19.4 Å². The predicted octanol–water partition coefficient (Wildman–Crippen LogP) is 3.37. The van der Waals surface area contributed by atoms with Crippen LogP contribution in [0.5, 0.6) is 5.75 Å². The van der Waals surface area contributed by atoms with Crippen LogP contribution in [0.1, 0.15) is 37.6 Å². The second-order valence-electron chi connectivity index (χ2n) is 14.7. The SMILES string of the molecule is C.C=CCN1CC(=O)N2C(CN(Cc3cccc(N4CC(N5CCN(C)[C@H](C)C5)C4)n3)C(=O)[C@@H]2Cc2ccc(O)cc2F)N1C(=O)CCc1ccccc1. The zero-order chi connectivity index (χ0) is 37.2. The van der Waals surface area contributed by atoms with Gasteiger partial charge in [0, 0.05) is 70.3 Å². The Kier molecular flexibility index (Phi) is 12.0. The molecule has 2 aromatic carbocycles. The fraction of sp³-hybridized carbons (Fsp3) is 0.463. The summed E-state index contributed by atoms with van der Waals surface area (Å²) < 4.78 is 15.2. The number of fused-ring (bicyclic) bond motifs is 1. The van der Waals surface area contributed by atoms with Crippen LogP contribution >= 0.6 is 0 Å². The topological polar surface area (TPSA) is 107 Å². The first kappa shape index (κ1) is 38.9. The Labute approximate surface area is 318 Å². The molecule has 1 N–H and O–H groups in total. The molecule has 12 nitrogen and oxygen atoms in total. The van der Waals surface area contributed by atoms with Crippen LogP contribution in [0, 0.1) is 5.82 Å². The van der Waals surface area contributed by atoms with Crippen LogP contribution in [0.15, 0.2) is 79.4 Å². The lowest BCUT2D eigenvalue weighted by atomic mass is 9.97. The number of aromatic nitrogens is 1. The van der Waals surface area contributed by atoms with Gasteiger partial charge in [-0.1, -0.05) is 56.0 Å². The smallest absolute Gasteiger partial charge is 0.246 e. The van der Waals surface area contributed by atoms with Crippen molar-refractivity contribution in [1.29, 1.82) is 0 Å². The summed E-state index contributed by atoms with van der Waals surface area (Å²) in [6.45, 7) is 11.4. The molecule has 1 unspecified atom stereocenters. The Morgan fingerprint density at radius 2 is 1.80 bits per heavy atom. The largest absolute Gasteiger partial charge is 0.508 e. The number of aromatic hydroxyl groups is 1. The molecule has 7 rings (SSSR count). The van der Waals surface area contributed by atoms with Crippen molar-refractivity contribution >= 4 is 23.5 Å². The molecule has 4 aliphatic rings. The van der Waals surface area contributed by atoms with Gasteiger partial charge >= 0.3 is 0 Å². The van der Waals surface area contributed by atoms with E-state index in [1.54, 1.807) is 21.0 Å². The minimum atomic E-state index is -1.08. The van der Waals surface area contributed by atoms with Crippen LogP contribution < -0.4 is 4.90 Å². The van der Waals surface area contributed by atoms with Gasteiger partial charge in [-0.3, -0.25) is 19.3 Å². The van der Waals surface area contributed by atoms with Gasteiger partial charge in [-0.05, 0) is 49.7 Å². The molecule has 3 aromatic rings. The summed E-state index contributed by atoms with van der Waals surface area (Å²) in [5.41, 5.74) is 1.88. The molecule has 4 aliphatic heterocycles. The zero-order valence-corrected chi connectivity index (χ0v) is 30.6. The molecule has 5 heterocycles. The van der Waals surface area contributed by atoms with Gasteiger partial charge in [0.15, 0.2) is 0 Å². The van der Waals surface area contributed by atoms with Gasteiger partial charge < -0.3 is 24.7 Å². The van der Waals surface area contributed by atoms with Crippen LogP contribution in [0.2, 0.25) is 0 Å². The minimum absolute atomic E-state index is 0. The number of hydrogen-bond acceptors (Lipinski definition) is 9. The molecule has 13 heteroatoms. The summed E-state index contributed by atoms with van der Waals surface area (Å²) in [4.78, 5) is 57.8. The maximum absolute atomic E-state index is 15.2. The molecule has 54 heavy (non-hydrogen) atoms. The molecule has 4 saturated heterocycles. The van der Waals surface area contributed by atoms with E-state index in [1.165, 1.54) is 17.0 Å². The Balaban J connectivity index is 0.00000497. The quantitative estimate of drug-likeness (QED) is 0.297. The summed E-state index contributed by atoms with van der Waals surface area (Å²) in [6, 6.07) is 19.3. The highest BCUT2D eigenvalue weighted by Crippen LogP contribution is 2.31. The molecule has 0 aliphatic carbocycles. The number of carbonyl (C=O) groups is 3. The highest BCUT2D eigenvalue weighted by atomic mass is 19.1. The van der Waals surface area contributed by atoms with E-state index in [4.69, 9.17) is 4.98 Å². The molecule has 1 aromatic heterocycles. The normalized spacial score (nSPS) is 22.8. The number of nitrogens with zero attached hydrogens (tertiary/aromatic N) is 8. The summed E-state index contributed by atoms with van der Waals surface area (Å²) in [5, 5.41) is 13.2. The number of hydrogen-bond donors (Lipinski definition) is 1. The average molecular weight is 741 g/mol. The molecule has 0 bridgehead atoms. The summed E-state index contributed by atoms with van der Waals surface area (Å²) in [7, 11) is 2.17. The molecule has 0 spiro atoms. The second kappa shape index (κ2) is 16.7. The van der Waals surface area contributed by atoms with Crippen molar-refractivity contribution in [2.24, 2.45) is 0 Å². The third-order valence-electron chi connectivity index (χ3n) is 11.2. The van der Waals surface area contributed by atoms with E-state index in [0.717, 1.165) is 50.2 Å². The first-order chi connectivity index (χ1) is 25.6. The van der Waals surface area contributed by atoms with E-state index in [2.05, 4.69) is 35.3 Å². The molecule has 288 valence electrons. The summed E-state index contributed by atoms with van der Waals surface area (Å²) in [6.07, 6.45) is 1.40. The van der Waals surface area contributed by atoms with Crippen molar-refractivity contribution in [3.63, 3.8) is 0 Å². The number of rotatable bonds is 11. The van der Waals surface area contributed by atoms with E-state index < -0.39 is 18.0 Å². The van der Waals surface area contributed by atoms with Gasteiger partial charge in [-0.15, -0.1) is 6.58 Å². The number of pyridine rings is 1. The van der Waals surface area contributed by atoms with Crippen LogP contribution in [0.4, 0.5) is 10.2 Å². The van der Waals surface area contributed by atoms with Gasteiger partial charge in [0.1, 0.15) is 29.6 Å². The maximum Gasteiger partial charge on any atom is 0.246 e. The minimum Gasteiger partial charge on any atom is -0.508 e. The first-order valence-corrected chi connectivity index (χ1v) is 18.5. The van der Waals surface area contributed by atoms with Crippen molar-refractivity contribution in [3.8, 4) is 5.75 Å². The van der Waals surface area contributed by atoms with E-state index in [1.807, 2.05) is 48.5 Å². The number of benzene rings is 2. The summed E-state index contributed by atoms with van der Waals surface area (Å²) >= 11 is 0. The molecule has 0 radical (unpaired) electrons. The van der Waals surface area contributed by atoms with Crippen molar-refractivity contribution in [1.82, 2.24) is 34.6 Å². The fourth-order valence-corrected chi connectivity index (χ4v) is 8.03. The van der Waals surface area contributed by atoms with E-state index in [9.17, 15) is 19.5 Å². The van der Waals surface area contributed by atoms with E-state index >= 15 is 4.39 Å². The highest BCUT2D eigenvalue weighted by molar-refractivity contribution is 5.92. The number of hydrazine groups is 1. The lowest BCUT2D eigenvalue weighted by Gasteiger charge is -2.55. The summed E-state index contributed by atoms with van der Waals surface area (Å²) in [5.74, 6) is -0.933. The number of carbonyl (C=O) groups excluding carboxylic acids is 3. The van der Waals surface area contributed by atoms with E-state index in [-0.39, 0.29) is 75.5 Å². The molecular weight excluding hydrogens is 688 g/mol. The molecule has 0 saturated carbocycles. The van der Waals surface area contributed by atoms with Gasteiger partial charge in [0.2, 0.25) is 17.7 Å². The van der Waals surface area contributed by atoms with Crippen LogP contribution in [0.25, 0.3) is 0 Å². The molecule has 3 amide bonds. The Bertz CT molecular complexity index is 1820. The molecule has 4 fully saturated rings. The Morgan fingerprint density at radius 3 is 2.52 bits per heavy atom. The predicted molar refractivity (Wildman–Crippen MR) is 206 cm³/mol. The molecular formula is C41H53FN8O4. The Hall–Kier alpha value is -4.85.